The first-order valence-electron chi connectivity index (χ1n) is 19.3. The first-order chi connectivity index (χ1) is 25.3. The Kier molecular flexibility index (Phi) is 20.8. The van der Waals surface area contributed by atoms with E-state index in [9.17, 15) is 43.8 Å². The van der Waals surface area contributed by atoms with E-state index in [-0.39, 0.29) is 38.1 Å². The van der Waals surface area contributed by atoms with E-state index < -0.39 is 65.8 Å². The molecular formula is C39H61N5O9. The molecule has 6 N–H and O–H groups in total. The molecule has 1 aliphatic rings. The summed E-state index contributed by atoms with van der Waals surface area (Å²) >= 11 is 0. The number of hydrogen-bond acceptors (Lipinski definition) is 7. The summed E-state index contributed by atoms with van der Waals surface area (Å²) in [5, 5.41) is 29.4. The van der Waals surface area contributed by atoms with Crippen molar-refractivity contribution in [3.05, 3.63) is 35.9 Å². The van der Waals surface area contributed by atoms with Gasteiger partial charge in [0, 0.05) is 25.8 Å². The second kappa shape index (κ2) is 24.7. The van der Waals surface area contributed by atoms with E-state index >= 15 is 0 Å². The minimum absolute atomic E-state index is 0.0731. The molecule has 1 fully saturated rings. The molecule has 5 amide bonds. The Bertz CT molecular complexity index is 1340. The summed E-state index contributed by atoms with van der Waals surface area (Å²) in [6.07, 6.45) is 13.2. The number of amides is 5. The minimum atomic E-state index is -1.26. The van der Waals surface area contributed by atoms with E-state index in [4.69, 9.17) is 0 Å². The molecule has 0 bridgehead atoms. The Morgan fingerprint density at radius 2 is 1.26 bits per heavy atom. The number of rotatable bonds is 26. The fourth-order valence-electron chi connectivity index (χ4n) is 6.40. The molecule has 1 saturated heterocycles. The summed E-state index contributed by atoms with van der Waals surface area (Å²) in [5.74, 6) is -5.23. The number of unbranched alkanes of at least 4 members (excludes halogenated alkanes) is 10. The van der Waals surface area contributed by atoms with E-state index in [1.165, 1.54) is 63.7 Å². The lowest BCUT2D eigenvalue weighted by atomic mass is 10.0. The summed E-state index contributed by atoms with van der Waals surface area (Å²) in [5.41, 5.74) is 0.732. The zero-order chi connectivity index (χ0) is 39.2. The van der Waals surface area contributed by atoms with Gasteiger partial charge < -0.3 is 36.4 Å². The van der Waals surface area contributed by atoms with Crippen LogP contribution in [-0.4, -0.2) is 93.3 Å². The average molecular weight is 744 g/mol. The topological polar surface area (TPSA) is 211 Å². The van der Waals surface area contributed by atoms with Gasteiger partial charge >= 0.3 is 11.9 Å². The fourth-order valence-corrected chi connectivity index (χ4v) is 6.40. The number of nitrogens with zero attached hydrogens (tertiary/aromatic N) is 1. The third kappa shape index (κ3) is 17.3. The van der Waals surface area contributed by atoms with Crippen LogP contribution in [0.4, 0.5) is 0 Å². The summed E-state index contributed by atoms with van der Waals surface area (Å²) in [6.45, 7) is 5.32. The van der Waals surface area contributed by atoms with Crippen molar-refractivity contribution in [2.24, 2.45) is 0 Å². The van der Waals surface area contributed by atoms with Gasteiger partial charge in [-0.25, -0.2) is 9.59 Å². The maximum Gasteiger partial charge on any atom is 0.326 e. The zero-order valence-corrected chi connectivity index (χ0v) is 31.7. The highest BCUT2D eigenvalue weighted by molar-refractivity contribution is 5.95. The Morgan fingerprint density at radius 1 is 0.698 bits per heavy atom. The van der Waals surface area contributed by atoms with E-state index in [1.54, 1.807) is 30.3 Å². The lowest BCUT2D eigenvalue weighted by molar-refractivity contribution is -0.144. The van der Waals surface area contributed by atoms with Gasteiger partial charge in [0.2, 0.25) is 29.5 Å². The Morgan fingerprint density at radius 3 is 1.85 bits per heavy atom. The molecule has 0 saturated carbocycles. The van der Waals surface area contributed by atoms with Crippen molar-refractivity contribution in [3.8, 4) is 0 Å². The van der Waals surface area contributed by atoms with Crippen LogP contribution in [0.5, 0.6) is 0 Å². The highest BCUT2D eigenvalue weighted by atomic mass is 16.4. The van der Waals surface area contributed by atoms with Crippen LogP contribution in [0.2, 0.25) is 0 Å². The first kappa shape index (κ1) is 44.7. The van der Waals surface area contributed by atoms with Crippen molar-refractivity contribution in [1.82, 2.24) is 26.2 Å². The van der Waals surface area contributed by atoms with Crippen molar-refractivity contribution in [1.29, 1.82) is 0 Å². The summed E-state index contributed by atoms with van der Waals surface area (Å²) in [4.78, 5) is 89.2. The van der Waals surface area contributed by atoms with Crippen LogP contribution in [0, 0.1) is 0 Å². The molecule has 1 aromatic carbocycles. The number of carbonyl (C=O) groups is 7. The summed E-state index contributed by atoms with van der Waals surface area (Å²) in [7, 11) is 0. The molecule has 0 unspecified atom stereocenters. The van der Waals surface area contributed by atoms with Crippen molar-refractivity contribution in [3.63, 3.8) is 0 Å². The Balaban J connectivity index is 1.73. The van der Waals surface area contributed by atoms with Gasteiger partial charge in [0.05, 0.1) is 0 Å². The average Bonchev–Trinajstić information content (AvgIpc) is 3.62. The van der Waals surface area contributed by atoms with Crippen molar-refractivity contribution in [2.45, 2.75) is 160 Å². The highest BCUT2D eigenvalue weighted by Crippen LogP contribution is 2.19. The maximum absolute atomic E-state index is 13.3. The van der Waals surface area contributed by atoms with Gasteiger partial charge in [-0.05, 0) is 45.1 Å². The molecule has 5 atom stereocenters. The molecule has 14 heteroatoms. The number of aliphatic carboxylic acids is 2. The molecule has 1 heterocycles. The number of benzene rings is 1. The van der Waals surface area contributed by atoms with E-state index in [1.807, 2.05) is 0 Å². The molecule has 53 heavy (non-hydrogen) atoms. The van der Waals surface area contributed by atoms with Gasteiger partial charge in [-0.3, -0.25) is 24.0 Å². The molecule has 1 aromatic rings. The molecular weight excluding hydrogens is 682 g/mol. The normalized spacial score (nSPS) is 16.1. The summed E-state index contributed by atoms with van der Waals surface area (Å²) in [6, 6.07) is 3.39. The molecule has 14 nitrogen and oxygen atoms in total. The van der Waals surface area contributed by atoms with E-state index in [2.05, 4.69) is 28.2 Å². The van der Waals surface area contributed by atoms with Gasteiger partial charge in [0.25, 0.3) is 0 Å². The number of nitrogens with one attached hydrogen (secondary N) is 4. The molecule has 0 aromatic heterocycles. The van der Waals surface area contributed by atoms with Gasteiger partial charge in [-0.15, -0.1) is 0 Å². The predicted molar refractivity (Wildman–Crippen MR) is 200 cm³/mol. The molecule has 1 aliphatic heterocycles. The third-order valence-corrected chi connectivity index (χ3v) is 9.54. The van der Waals surface area contributed by atoms with Gasteiger partial charge in [-0.1, -0.05) is 101 Å². The van der Waals surface area contributed by atoms with E-state index in [0.29, 0.717) is 19.3 Å². The molecule has 0 spiro atoms. The number of carbonyl (C=O) groups excluding carboxylic acids is 5. The lowest BCUT2D eigenvalue weighted by Gasteiger charge is -2.28. The predicted octanol–water partition coefficient (Wildman–Crippen LogP) is 3.85. The van der Waals surface area contributed by atoms with Gasteiger partial charge in [0.1, 0.15) is 30.2 Å². The van der Waals surface area contributed by atoms with Crippen LogP contribution in [0.25, 0.3) is 0 Å². The van der Waals surface area contributed by atoms with Crippen molar-refractivity contribution in [2.75, 3.05) is 6.54 Å². The second-order valence-corrected chi connectivity index (χ2v) is 14.1. The first-order valence-corrected chi connectivity index (χ1v) is 19.3. The number of carboxylic acid groups (broad SMARTS) is 2. The Labute approximate surface area is 313 Å². The summed E-state index contributed by atoms with van der Waals surface area (Å²) < 4.78 is 0. The van der Waals surface area contributed by atoms with Crippen LogP contribution >= 0.6 is 0 Å². The number of hydrogen-bond donors (Lipinski definition) is 6. The number of likely N-dealkylation sites (tertiary alicyclic amines) is 1. The van der Waals surface area contributed by atoms with Crippen LogP contribution < -0.4 is 21.3 Å². The van der Waals surface area contributed by atoms with Crippen LogP contribution in [0.1, 0.15) is 129 Å². The van der Waals surface area contributed by atoms with Gasteiger partial charge in [0.15, 0.2) is 0 Å². The standard InChI is InChI=1S/C39H61N5O9/c1-4-5-6-7-8-9-10-11-12-13-17-22-33(45)42-30(38(50)51)23-24-34(46)40-27(2)35(47)41-28(3)37(49)44-25-18-21-32(44)36(48)43-31(39(52)53)26-29-19-15-14-16-20-29/h14-16,19-20,27-28,30-32H,4-13,17-18,21-26H2,1-3H3,(H,40,46)(H,41,47)(H,42,45)(H,43,48)(H,50,51)(H,52,53)/t27-,28-,30-,31-,32-/m0/s1. The zero-order valence-electron chi connectivity index (χ0n) is 31.7. The smallest absolute Gasteiger partial charge is 0.326 e. The largest absolute Gasteiger partial charge is 0.480 e. The quantitative estimate of drug-likeness (QED) is 0.0760. The molecule has 2 rings (SSSR count). The highest BCUT2D eigenvalue weighted by Gasteiger charge is 2.38. The Hall–Kier alpha value is -4.49. The molecule has 296 valence electrons. The van der Waals surface area contributed by atoms with E-state index in [0.717, 1.165) is 24.8 Å². The van der Waals surface area contributed by atoms with Crippen LogP contribution in [0.15, 0.2) is 30.3 Å². The third-order valence-electron chi connectivity index (χ3n) is 9.54. The lowest BCUT2D eigenvalue weighted by Crippen LogP contribution is -2.56. The van der Waals surface area contributed by atoms with Crippen LogP contribution in [-0.2, 0) is 40.0 Å². The van der Waals surface area contributed by atoms with Crippen LogP contribution in [0.3, 0.4) is 0 Å². The number of carboxylic acids is 2. The minimum Gasteiger partial charge on any atom is -0.480 e. The monoisotopic (exact) mass is 743 g/mol. The second-order valence-electron chi connectivity index (χ2n) is 14.1. The van der Waals surface area contributed by atoms with Gasteiger partial charge in [-0.2, -0.15) is 0 Å². The van der Waals surface area contributed by atoms with Crippen molar-refractivity contribution < 1.29 is 43.8 Å². The SMILES string of the molecule is CCCCCCCCCCCCCC(=O)N[C@@H](CCC(=O)N[C@@H](C)C(=O)N[C@@H](C)C(=O)N1CCC[C@H]1C(=O)N[C@@H](Cc1ccccc1)C(=O)O)C(=O)O. The maximum atomic E-state index is 13.3. The fraction of sp³-hybridized carbons (Fsp3) is 0.667. The van der Waals surface area contributed by atoms with Crippen molar-refractivity contribution >= 4 is 41.5 Å². The molecule has 0 radical (unpaired) electrons. The molecule has 0 aliphatic carbocycles.